The zero-order chi connectivity index (χ0) is 9.84. The van der Waals surface area contributed by atoms with Crippen LogP contribution >= 0.6 is 0 Å². The van der Waals surface area contributed by atoms with Gasteiger partial charge in [-0.1, -0.05) is 20.8 Å². The Morgan fingerprint density at radius 1 is 1.46 bits per heavy atom. The second-order valence-corrected chi connectivity index (χ2v) is 4.03. The number of aromatic amines is 1. The highest BCUT2D eigenvalue weighted by molar-refractivity contribution is 5.05. The highest BCUT2D eigenvalue weighted by atomic mass is 14.9. The van der Waals surface area contributed by atoms with Crippen molar-refractivity contribution in [3.05, 3.63) is 17.7 Å². The van der Waals surface area contributed by atoms with Crippen LogP contribution < -0.4 is 5.73 Å². The first kappa shape index (κ1) is 10.3. The first-order valence-electron chi connectivity index (χ1n) is 4.87. The molecular formula is C10H19N3. The summed E-state index contributed by atoms with van der Waals surface area (Å²) in [6, 6.07) is 0. The lowest BCUT2D eigenvalue weighted by atomic mass is 10.1. The molecule has 0 aliphatic carbocycles. The van der Waals surface area contributed by atoms with E-state index in [4.69, 9.17) is 5.73 Å². The van der Waals surface area contributed by atoms with Gasteiger partial charge in [0.15, 0.2) is 0 Å². The molecule has 0 spiro atoms. The molecule has 1 atom stereocenters. The number of rotatable bonds is 4. The molecule has 0 aliphatic heterocycles. The molecule has 0 aromatic carbocycles. The smallest absolute Gasteiger partial charge is 0.110 e. The van der Waals surface area contributed by atoms with Gasteiger partial charge in [0, 0.05) is 24.4 Å². The maximum Gasteiger partial charge on any atom is 0.110 e. The zero-order valence-corrected chi connectivity index (χ0v) is 8.67. The molecule has 3 heteroatoms. The van der Waals surface area contributed by atoms with Crippen LogP contribution in [0.3, 0.4) is 0 Å². The Balaban J connectivity index is 2.63. The molecule has 0 fully saturated rings. The van der Waals surface area contributed by atoms with Crippen molar-refractivity contribution in [2.24, 2.45) is 11.7 Å². The Hall–Kier alpha value is -0.830. The predicted molar refractivity (Wildman–Crippen MR) is 54.6 cm³/mol. The number of nitrogens with zero attached hydrogens (tertiary/aromatic N) is 1. The minimum atomic E-state index is 0.334. The Labute approximate surface area is 79.8 Å². The van der Waals surface area contributed by atoms with Gasteiger partial charge in [0.25, 0.3) is 0 Å². The molecule has 0 bridgehead atoms. The van der Waals surface area contributed by atoms with Crippen LogP contribution in [0.4, 0.5) is 0 Å². The number of H-pyrrole nitrogens is 1. The van der Waals surface area contributed by atoms with Crippen LogP contribution in [0.25, 0.3) is 0 Å². The second kappa shape index (κ2) is 4.42. The van der Waals surface area contributed by atoms with E-state index in [1.165, 1.54) is 5.69 Å². The fourth-order valence-electron chi connectivity index (χ4n) is 1.28. The zero-order valence-electron chi connectivity index (χ0n) is 8.67. The lowest BCUT2D eigenvalue weighted by Crippen LogP contribution is -2.10. The van der Waals surface area contributed by atoms with E-state index < -0.39 is 0 Å². The molecule has 1 aromatic heterocycles. The minimum Gasteiger partial charge on any atom is -0.346 e. The molecule has 0 saturated heterocycles. The van der Waals surface area contributed by atoms with Crippen molar-refractivity contribution < 1.29 is 0 Å². The summed E-state index contributed by atoms with van der Waals surface area (Å²) in [6.07, 6.45) is 2.98. The fraction of sp³-hybridized carbons (Fsp3) is 0.700. The average Bonchev–Trinajstić information content (AvgIpc) is 2.50. The third-order valence-corrected chi connectivity index (χ3v) is 2.10. The van der Waals surface area contributed by atoms with E-state index in [0.29, 0.717) is 18.4 Å². The van der Waals surface area contributed by atoms with Gasteiger partial charge in [-0.15, -0.1) is 0 Å². The molecule has 0 saturated carbocycles. The van der Waals surface area contributed by atoms with Crippen molar-refractivity contribution in [2.45, 2.75) is 33.1 Å². The fourth-order valence-corrected chi connectivity index (χ4v) is 1.28. The van der Waals surface area contributed by atoms with Crippen molar-refractivity contribution >= 4 is 0 Å². The molecule has 1 unspecified atom stereocenters. The van der Waals surface area contributed by atoms with Gasteiger partial charge in [0.2, 0.25) is 0 Å². The molecule has 74 valence electrons. The maximum absolute atomic E-state index is 5.55. The first-order chi connectivity index (χ1) is 6.13. The number of aromatic nitrogens is 2. The predicted octanol–water partition coefficient (Wildman–Crippen LogP) is 1.67. The molecule has 0 amide bonds. The highest BCUT2D eigenvalue weighted by Crippen LogP contribution is 2.11. The SMILES string of the molecule is CC(C)Cc1cnc(C(C)CN)[nH]1. The Bertz CT molecular complexity index is 252. The van der Waals surface area contributed by atoms with E-state index in [1.807, 2.05) is 6.20 Å². The monoisotopic (exact) mass is 181 g/mol. The van der Waals surface area contributed by atoms with E-state index in [9.17, 15) is 0 Å². The largest absolute Gasteiger partial charge is 0.346 e. The van der Waals surface area contributed by atoms with Crippen LogP contribution in [-0.2, 0) is 6.42 Å². The number of nitrogens with one attached hydrogen (secondary N) is 1. The molecule has 3 nitrogen and oxygen atoms in total. The van der Waals surface area contributed by atoms with Crippen LogP contribution in [0.15, 0.2) is 6.20 Å². The van der Waals surface area contributed by atoms with Crippen molar-refractivity contribution in [2.75, 3.05) is 6.54 Å². The van der Waals surface area contributed by atoms with E-state index >= 15 is 0 Å². The Kier molecular flexibility index (Phi) is 3.48. The van der Waals surface area contributed by atoms with Crippen molar-refractivity contribution in [1.29, 1.82) is 0 Å². The highest BCUT2D eigenvalue weighted by Gasteiger charge is 2.08. The van der Waals surface area contributed by atoms with Crippen molar-refractivity contribution in [3.8, 4) is 0 Å². The summed E-state index contributed by atoms with van der Waals surface area (Å²) < 4.78 is 0. The van der Waals surface area contributed by atoms with Crippen molar-refractivity contribution in [1.82, 2.24) is 9.97 Å². The van der Waals surface area contributed by atoms with Crippen LogP contribution in [0.1, 0.15) is 38.2 Å². The summed E-state index contributed by atoms with van der Waals surface area (Å²) >= 11 is 0. The summed E-state index contributed by atoms with van der Waals surface area (Å²) in [7, 11) is 0. The molecule has 0 radical (unpaired) electrons. The molecule has 1 heterocycles. The lowest BCUT2D eigenvalue weighted by molar-refractivity contribution is 0.633. The Morgan fingerprint density at radius 2 is 2.15 bits per heavy atom. The van der Waals surface area contributed by atoms with E-state index in [2.05, 4.69) is 30.7 Å². The normalized spacial score (nSPS) is 13.6. The molecular weight excluding hydrogens is 162 g/mol. The third-order valence-electron chi connectivity index (χ3n) is 2.10. The van der Waals surface area contributed by atoms with Crippen molar-refractivity contribution in [3.63, 3.8) is 0 Å². The summed E-state index contributed by atoms with van der Waals surface area (Å²) in [5.41, 5.74) is 6.77. The number of hydrogen-bond donors (Lipinski definition) is 2. The van der Waals surface area contributed by atoms with E-state index in [-0.39, 0.29) is 0 Å². The number of hydrogen-bond acceptors (Lipinski definition) is 2. The summed E-state index contributed by atoms with van der Waals surface area (Å²) in [5, 5.41) is 0. The average molecular weight is 181 g/mol. The quantitative estimate of drug-likeness (QED) is 0.742. The first-order valence-corrected chi connectivity index (χ1v) is 4.87. The summed E-state index contributed by atoms with van der Waals surface area (Å²) in [6.45, 7) is 7.13. The van der Waals surface area contributed by atoms with Gasteiger partial charge >= 0.3 is 0 Å². The second-order valence-electron chi connectivity index (χ2n) is 4.03. The van der Waals surface area contributed by atoms with E-state index in [1.54, 1.807) is 0 Å². The molecule has 1 aromatic rings. The van der Waals surface area contributed by atoms with Gasteiger partial charge in [-0.3, -0.25) is 0 Å². The van der Waals surface area contributed by atoms with E-state index in [0.717, 1.165) is 12.2 Å². The maximum atomic E-state index is 5.55. The summed E-state index contributed by atoms with van der Waals surface area (Å²) in [4.78, 5) is 7.61. The van der Waals surface area contributed by atoms with Gasteiger partial charge in [0.1, 0.15) is 5.82 Å². The van der Waals surface area contributed by atoms with Crippen LogP contribution in [0.2, 0.25) is 0 Å². The van der Waals surface area contributed by atoms with Gasteiger partial charge in [0.05, 0.1) is 0 Å². The van der Waals surface area contributed by atoms with Gasteiger partial charge in [-0.25, -0.2) is 4.98 Å². The molecule has 1 rings (SSSR count). The van der Waals surface area contributed by atoms with Gasteiger partial charge in [-0.05, 0) is 12.3 Å². The molecule has 3 N–H and O–H groups in total. The van der Waals surface area contributed by atoms with Gasteiger partial charge in [-0.2, -0.15) is 0 Å². The van der Waals surface area contributed by atoms with Crippen LogP contribution in [0, 0.1) is 5.92 Å². The molecule has 13 heavy (non-hydrogen) atoms. The number of imidazole rings is 1. The standard InChI is InChI=1S/C10H19N3/c1-7(2)4-9-6-12-10(13-9)8(3)5-11/h6-8H,4-5,11H2,1-3H3,(H,12,13). The minimum absolute atomic E-state index is 0.334. The summed E-state index contributed by atoms with van der Waals surface area (Å²) in [5.74, 6) is 2.01. The third kappa shape index (κ3) is 2.84. The van der Waals surface area contributed by atoms with Crippen LogP contribution in [0.5, 0.6) is 0 Å². The van der Waals surface area contributed by atoms with Gasteiger partial charge < -0.3 is 10.7 Å². The number of nitrogens with two attached hydrogens (primary N) is 1. The molecule has 0 aliphatic rings. The van der Waals surface area contributed by atoms with Crippen LogP contribution in [-0.4, -0.2) is 16.5 Å². The Morgan fingerprint density at radius 3 is 2.69 bits per heavy atom. The topological polar surface area (TPSA) is 54.7 Å². The lowest BCUT2D eigenvalue weighted by Gasteiger charge is -2.04.